The smallest absolute Gasteiger partial charge is 0.243 e. The van der Waals surface area contributed by atoms with Gasteiger partial charge in [0.1, 0.15) is 19.8 Å². The van der Waals surface area contributed by atoms with E-state index in [9.17, 15) is 13.2 Å². The van der Waals surface area contributed by atoms with Crippen LogP contribution in [0.25, 0.3) is 0 Å². The maximum Gasteiger partial charge on any atom is 0.243 e. The van der Waals surface area contributed by atoms with Crippen molar-refractivity contribution in [2.24, 2.45) is 0 Å². The molecular formula is C18H27N3O5S. The fraction of sp³-hybridized carbons (Fsp3) is 0.611. The van der Waals surface area contributed by atoms with E-state index in [-0.39, 0.29) is 18.2 Å². The number of amides is 1. The van der Waals surface area contributed by atoms with Crippen molar-refractivity contribution in [2.45, 2.75) is 13.8 Å². The molecule has 0 aromatic heterocycles. The van der Waals surface area contributed by atoms with Gasteiger partial charge in [0.25, 0.3) is 0 Å². The van der Waals surface area contributed by atoms with Crippen molar-refractivity contribution in [3.63, 3.8) is 0 Å². The summed E-state index contributed by atoms with van der Waals surface area (Å²) in [6.07, 6.45) is 0. The van der Waals surface area contributed by atoms with Crippen LogP contribution in [0.5, 0.6) is 11.5 Å². The molecule has 9 heteroatoms. The minimum Gasteiger partial charge on any atom is -0.486 e. The summed E-state index contributed by atoms with van der Waals surface area (Å²) in [6.45, 7) is 8.15. The third kappa shape index (κ3) is 4.47. The van der Waals surface area contributed by atoms with Gasteiger partial charge in [-0.1, -0.05) is 6.92 Å². The number of fused-ring (bicyclic) bond motifs is 1. The largest absolute Gasteiger partial charge is 0.486 e. The average Bonchev–Trinajstić information content (AvgIpc) is 2.71. The van der Waals surface area contributed by atoms with Crippen molar-refractivity contribution in [3.05, 3.63) is 18.2 Å². The monoisotopic (exact) mass is 397 g/mol. The first kappa shape index (κ1) is 19.8. The minimum atomic E-state index is -3.61. The molecule has 1 amide bonds. The maximum atomic E-state index is 12.8. The molecule has 0 saturated carbocycles. The summed E-state index contributed by atoms with van der Waals surface area (Å²) in [7, 11) is -3.61. The summed E-state index contributed by atoms with van der Waals surface area (Å²) < 4.78 is 37.6. The van der Waals surface area contributed by atoms with E-state index < -0.39 is 10.0 Å². The Balaban J connectivity index is 1.79. The zero-order chi connectivity index (χ0) is 19.4. The lowest BCUT2D eigenvalue weighted by Crippen LogP contribution is -2.51. The molecule has 0 bridgehead atoms. The Morgan fingerprint density at radius 1 is 1.07 bits per heavy atom. The van der Waals surface area contributed by atoms with Crippen molar-refractivity contribution >= 4 is 21.6 Å². The summed E-state index contributed by atoms with van der Waals surface area (Å²) in [5.74, 6) is 0.816. The normalized spacial score (nSPS) is 17.6. The number of piperazine rings is 1. The Labute approximate surface area is 160 Å². The second-order valence-corrected chi connectivity index (χ2v) is 8.73. The first-order valence-electron chi connectivity index (χ1n) is 9.34. The van der Waals surface area contributed by atoms with Gasteiger partial charge in [0.2, 0.25) is 15.9 Å². The summed E-state index contributed by atoms with van der Waals surface area (Å²) >= 11 is 0. The fourth-order valence-corrected chi connectivity index (χ4v) is 4.28. The molecule has 0 radical (unpaired) electrons. The van der Waals surface area contributed by atoms with E-state index in [0.29, 0.717) is 43.5 Å². The predicted molar refractivity (Wildman–Crippen MR) is 103 cm³/mol. The van der Waals surface area contributed by atoms with E-state index in [4.69, 9.17) is 9.47 Å². The lowest BCUT2D eigenvalue weighted by molar-refractivity contribution is -0.131. The molecule has 1 aromatic rings. The molecule has 2 aliphatic heterocycles. The van der Waals surface area contributed by atoms with E-state index in [1.807, 2.05) is 0 Å². The third-order valence-corrected chi connectivity index (χ3v) is 6.71. The van der Waals surface area contributed by atoms with Crippen molar-refractivity contribution in [2.75, 3.05) is 62.5 Å². The third-order valence-electron chi connectivity index (χ3n) is 4.97. The molecular weight excluding hydrogens is 370 g/mol. The van der Waals surface area contributed by atoms with Crippen LogP contribution < -0.4 is 13.8 Å². The number of nitrogens with zero attached hydrogens (tertiary/aromatic N) is 3. The van der Waals surface area contributed by atoms with Gasteiger partial charge in [-0.05, 0) is 25.6 Å². The number of benzene rings is 1. The number of likely N-dealkylation sites (N-methyl/N-ethyl adjacent to an activating group) is 1. The summed E-state index contributed by atoms with van der Waals surface area (Å²) in [4.78, 5) is 16.8. The van der Waals surface area contributed by atoms with Crippen LogP contribution in [0.2, 0.25) is 0 Å². The molecule has 3 rings (SSSR count). The van der Waals surface area contributed by atoms with Crippen LogP contribution in [0, 0.1) is 0 Å². The van der Waals surface area contributed by atoms with E-state index in [0.717, 1.165) is 19.6 Å². The van der Waals surface area contributed by atoms with Crippen molar-refractivity contribution in [1.82, 2.24) is 9.80 Å². The molecule has 0 atom stereocenters. The molecule has 0 unspecified atom stereocenters. The second-order valence-electron chi connectivity index (χ2n) is 6.55. The second kappa shape index (κ2) is 8.35. The number of rotatable bonds is 6. The van der Waals surface area contributed by atoms with Crippen LogP contribution in [0.3, 0.4) is 0 Å². The Morgan fingerprint density at radius 3 is 2.37 bits per heavy atom. The number of anilines is 1. The number of hydrogen-bond donors (Lipinski definition) is 0. The topological polar surface area (TPSA) is 79.4 Å². The quantitative estimate of drug-likeness (QED) is 0.706. The molecule has 1 aromatic carbocycles. The Bertz CT molecular complexity index is 775. The number of sulfonamides is 1. The van der Waals surface area contributed by atoms with Crippen LogP contribution in [0.4, 0.5) is 5.69 Å². The molecule has 150 valence electrons. The van der Waals surface area contributed by atoms with Crippen molar-refractivity contribution in [3.8, 4) is 11.5 Å². The molecule has 0 aliphatic carbocycles. The van der Waals surface area contributed by atoms with Crippen LogP contribution >= 0.6 is 0 Å². The molecule has 2 heterocycles. The summed E-state index contributed by atoms with van der Waals surface area (Å²) in [6, 6.07) is 4.97. The molecule has 27 heavy (non-hydrogen) atoms. The van der Waals surface area contributed by atoms with Gasteiger partial charge >= 0.3 is 0 Å². The highest BCUT2D eigenvalue weighted by Gasteiger charge is 2.28. The Morgan fingerprint density at radius 2 is 1.74 bits per heavy atom. The highest BCUT2D eigenvalue weighted by atomic mass is 32.2. The molecule has 0 spiro atoms. The first-order valence-corrected chi connectivity index (χ1v) is 11.0. The van der Waals surface area contributed by atoms with E-state index in [1.165, 1.54) is 4.31 Å². The fourth-order valence-electron chi connectivity index (χ4n) is 3.23. The van der Waals surface area contributed by atoms with Gasteiger partial charge in [-0.25, -0.2) is 8.42 Å². The van der Waals surface area contributed by atoms with Gasteiger partial charge in [-0.2, -0.15) is 0 Å². The Kier molecular flexibility index (Phi) is 6.11. The van der Waals surface area contributed by atoms with Crippen LogP contribution in [-0.2, 0) is 14.8 Å². The van der Waals surface area contributed by atoms with Gasteiger partial charge < -0.3 is 19.3 Å². The highest BCUT2D eigenvalue weighted by molar-refractivity contribution is 7.92. The summed E-state index contributed by atoms with van der Waals surface area (Å²) in [5, 5.41) is 0. The van der Waals surface area contributed by atoms with Gasteiger partial charge in [0, 0.05) is 32.2 Å². The molecule has 1 fully saturated rings. The Hall–Kier alpha value is -2.00. The average molecular weight is 397 g/mol. The lowest BCUT2D eigenvalue weighted by Gasteiger charge is -2.35. The van der Waals surface area contributed by atoms with Crippen LogP contribution in [0.1, 0.15) is 13.8 Å². The number of hydrogen-bond acceptors (Lipinski definition) is 6. The van der Waals surface area contributed by atoms with Gasteiger partial charge in [0.15, 0.2) is 11.5 Å². The van der Waals surface area contributed by atoms with Crippen LogP contribution in [0.15, 0.2) is 18.2 Å². The zero-order valence-corrected chi connectivity index (χ0v) is 16.7. The number of carbonyl (C=O) groups excluding carboxylic acids is 1. The number of ether oxygens (including phenoxy) is 2. The van der Waals surface area contributed by atoms with E-state index in [2.05, 4.69) is 11.8 Å². The predicted octanol–water partition coefficient (Wildman–Crippen LogP) is 0.778. The molecule has 8 nitrogen and oxygen atoms in total. The minimum absolute atomic E-state index is 0.0850. The van der Waals surface area contributed by atoms with Gasteiger partial charge in [-0.3, -0.25) is 9.10 Å². The SMILES string of the molecule is CCN1CCN(C(=O)CN(c2ccc3c(c2)OCCO3)S(=O)(=O)CC)CC1. The van der Waals surface area contributed by atoms with E-state index >= 15 is 0 Å². The molecule has 0 N–H and O–H groups in total. The van der Waals surface area contributed by atoms with Crippen molar-refractivity contribution in [1.29, 1.82) is 0 Å². The molecule has 2 aliphatic rings. The first-order chi connectivity index (χ1) is 12.9. The maximum absolute atomic E-state index is 12.8. The highest BCUT2D eigenvalue weighted by Crippen LogP contribution is 2.34. The zero-order valence-electron chi connectivity index (χ0n) is 15.9. The standard InChI is InChI=1S/C18H27N3O5S/c1-3-19-7-9-20(10-8-19)18(22)14-21(27(23,24)4-2)15-5-6-16-17(13-15)26-12-11-25-16/h5-6,13H,3-4,7-12,14H2,1-2H3. The van der Waals surface area contributed by atoms with Crippen LogP contribution in [-0.4, -0.2) is 82.4 Å². The van der Waals surface area contributed by atoms with E-state index in [1.54, 1.807) is 30.0 Å². The van der Waals surface area contributed by atoms with Gasteiger partial charge in [-0.15, -0.1) is 0 Å². The number of carbonyl (C=O) groups is 1. The summed E-state index contributed by atoms with van der Waals surface area (Å²) in [5.41, 5.74) is 0.418. The lowest BCUT2D eigenvalue weighted by atomic mass is 10.2. The van der Waals surface area contributed by atoms with Crippen molar-refractivity contribution < 1.29 is 22.7 Å². The van der Waals surface area contributed by atoms with Gasteiger partial charge in [0.05, 0.1) is 11.4 Å². The molecule has 1 saturated heterocycles.